The zero-order valence-corrected chi connectivity index (χ0v) is 29.5. The van der Waals surface area contributed by atoms with E-state index in [1.54, 1.807) is 30.3 Å². The second-order valence-electron chi connectivity index (χ2n) is 13.2. The van der Waals surface area contributed by atoms with Crippen LogP contribution in [0.15, 0.2) is 54.9 Å². The predicted molar refractivity (Wildman–Crippen MR) is 186 cm³/mol. The van der Waals surface area contributed by atoms with Crippen molar-refractivity contribution in [3.05, 3.63) is 83.0 Å². The molecule has 254 valence electrons. The van der Waals surface area contributed by atoms with Gasteiger partial charge in [-0.15, -0.1) is 0 Å². The number of ether oxygens (including phenoxy) is 2. The lowest BCUT2D eigenvalue weighted by Crippen LogP contribution is -2.22. The number of hydrogen-bond acceptors (Lipinski definition) is 6. The van der Waals surface area contributed by atoms with Crippen molar-refractivity contribution >= 4 is 43.1 Å². The van der Waals surface area contributed by atoms with Crippen molar-refractivity contribution in [2.24, 2.45) is 5.92 Å². The number of rotatable bonds is 8. The number of aromatic nitrogens is 3. The molecule has 2 N–H and O–H groups in total. The van der Waals surface area contributed by atoms with E-state index in [0.29, 0.717) is 60.0 Å². The Labute approximate surface area is 285 Å². The van der Waals surface area contributed by atoms with E-state index >= 15 is 0 Å². The van der Waals surface area contributed by atoms with Crippen molar-refractivity contribution in [3.8, 4) is 22.4 Å². The average Bonchev–Trinajstić information content (AvgIpc) is 3.46. The minimum atomic E-state index is -1.33. The van der Waals surface area contributed by atoms with Crippen LogP contribution in [0.1, 0.15) is 43.6 Å². The van der Waals surface area contributed by atoms with Gasteiger partial charge in [-0.1, -0.05) is 50.7 Å². The first kappa shape index (κ1) is 35.2. The molecule has 1 aliphatic rings. The van der Waals surface area contributed by atoms with Gasteiger partial charge in [0.2, 0.25) is 5.91 Å². The smallest absolute Gasteiger partial charge is 0.411 e. The monoisotopic (exact) mass is 695 g/mol. The summed E-state index contributed by atoms with van der Waals surface area (Å²) in [4.78, 5) is 35.0. The van der Waals surface area contributed by atoms with Gasteiger partial charge in [0.05, 0.1) is 40.7 Å². The molecule has 9 nitrogen and oxygen atoms in total. The van der Waals surface area contributed by atoms with E-state index in [-0.39, 0.29) is 40.6 Å². The number of nitrogens with zero attached hydrogens (tertiary/aromatic N) is 3. The zero-order valence-electron chi connectivity index (χ0n) is 27.7. The Hall–Kier alpha value is -4.13. The lowest BCUT2D eigenvalue weighted by Gasteiger charge is -2.21. The minimum Gasteiger partial charge on any atom is -0.453 e. The van der Waals surface area contributed by atoms with Gasteiger partial charge in [0.15, 0.2) is 5.82 Å². The maximum absolute atomic E-state index is 14.8. The fourth-order valence-electron chi connectivity index (χ4n) is 5.58. The van der Waals surface area contributed by atoms with Crippen LogP contribution in [0.4, 0.5) is 25.0 Å². The molecule has 2 aromatic heterocycles. The molecule has 5 rings (SSSR count). The quantitative estimate of drug-likeness (QED) is 0.108. The number of carbonyl (C=O) groups excluding carboxylic acids is 2. The highest BCUT2D eigenvalue weighted by atomic mass is 35.5. The fraction of sp³-hybridized carbons (Fsp3) is 0.371. The van der Waals surface area contributed by atoms with Gasteiger partial charge < -0.3 is 19.4 Å². The summed E-state index contributed by atoms with van der Waals surface area (Å²) in [7, 11) is -0.0560. The first-order valence-electron chi connectivity index (χ1n) is 15.9. The van der Waals surface area contributed by atoms with Crippen molar-refractivity contribution in [2.45, 2.75) is 64.5 Å². The van der Waals surface area contributed by atoms with Crippen LogP contribution in [0.5, 0.6) is 0 Å². The van der Waals surface area contributed by atoms with E-state index in [2.05, 4.69) is 30.3 Å². The van der Waals surface area contributed by atoms with Gasteiger partial charge in [0.1, 0.15) is 18.4 Å². The second-order valence-corrected chi connectivity index (χ2v) is 19.3. The Kier molecular flexibility index (Phi) is 11.0. The number of benzene rings is 2. The van der Waals surface area contributed by atoms with E-state index in [0.717, 1.165) is 12.1 Å². The SMILES string of the molecule is COC(=O)Nc1ccc2c(c1)NC(=O)C(C)CCCC(c1ccc(-c3c(F)ccc(Cl)c3F)cn1)c1nc-2cn1COCC[Si](C)(C)C. The average molecular weight is 696 g/mol. The lowest BCUT2D eigenvalue weighted by atomic mass is 9.92. The van der Waals surface area contributed by atoms with Gasteiger partial charge in [-0.2, -0.15) is 0 Å². The van der Waals surface area contributed by atoms with Gasteiger partial charge in [-0.3, -0.25) is 15.1 Å². The molecule has 2 unspecified atom stereocenters. The molecule has 0 spiro atoms. The van der Waals surface area contributed by atoms with Gasteiger partial charge in [0, 0.05) is 49.8 Å². The summed E-state index contributed by atoms with van der Waals surface area (Å²) in [6.45, 7) is 9.60. The molecular formula is C35H40ClF2N5O4Si. The molecule has 4 aromatic rings. The first-order chi connectivity index (χ1) is 22.8. The molecule has 13 heteroatoms. The number of anilines is 2. The van der Waals surface area contributed by atoms with Crippen molar-refractivity contribution in [1.29, 1.82) is 0 Å². The molecule has 1 aliphatic heterocycles. The summed E-state index contributed by atoms with van der Waals surface area (Å²) in [6.07, 6.45) is 4.59. The number of hydrogen-bond donors (Lipinski definition) is 2. The molecule has 2 amide bonds. The second kappa shape index (κ2) is 15.0. The molecule has 0 radical (unpaired) electrons. The number of methoxy groups -OCH3 is 1. The third-order valence-corrected chi connectivity index (χ3v) is 10.4. The minimum absolute atomic E-state index is 0.161. The topological polar surface area (TPSA) is 107 Å². The molecule has 0 fully saturated rings. The van der Waals surface area contributed by atoms with Crippen LogP contribution in [0.2, 0.25) is 30.7 Å². The summed E-state index contributed by atoms with van der Waals surface area (Å²) in [5.41, 5.74) is 2.87. The van der Waals surface area contributed by atoms with Crippen LogP contribution in [0.25, 0.3) is 22.4 Å². The number of nitrogens with one attached hydrogen (secondary N) is 2. The maximum atomic E-state index is 14.8. The fourth-order valence-corrected chi connectivity index (χ4v) is 6.49. The standard InChI is InChI=1S/C35H40ClF2N5O4Si/c1-21-7-6-8-25(28-14-9-22(18-39-28)31-27(37)13-12-26(36)32(31)38)33-41-30(19-43(33)20-47-15-16-48(3,4)5)24-11-10-23(40-35(45)46-2)17-29(24)42-34(21)44/h9-14,17-19,21,25H,6-8,15-16,20H2,1-5H3,(H,40,45)(H,42,44). The van der Waals surface area contributed by atoms with Crippen LogP contribution in [-0.2, 0) is 21.0 Å². The Morgan fingerprint density at radius 2 is 1.94 bits per heavy atom. The van der Waals surface area contributed by atoms with Crippen molar-refractivity contribution in [2.75, 3.05) is 24.4 Å². The number of carbonyl (C=O) groups is 2. The lowest BCUT2D eigenvalue weighted by molar-refractivity contribution is -0.119. The molecule has 0 aliphatic carbocycles. The first-order valence-corrected chi connectivity index (χ1v) is 20.0. The number of imidazole rings is 1. The number of halogens is 3. The maximum Gasteiger partial charge on any atom is 0.411 e. The summed E-state index contributed by atoms with van der Waals surface area (Å²) in [5, 5.41) is 5.51. The van der Waals surface area contributed by atoms with Crippen LogP contribution in [0, 0.1) is 17.6 Å². The van der Waals surface area contributed by atoms with Crippen molar-refractivity contribution in [3.63, 3.8) is 0 Å². The van der Waals surface area contributed by atoms with Crippen LogP contribution in [-0.4, -0.2) is 48.3 Å². The Balaban J connectivity index is 1.59. The Bertz CT molecular complexity index is 1790. The number of amides is 2. The number of fused-ring (bicyclic) bond motifs is 4. The van der Waals surface area contributed by atoms with Crippen molar-refractivity contribution in [1.82, 2.24) is 14.5 Å². The van der Waals surface area contributed by atoms with Crippen LogP contribution >= 0.6 is 11.6 Å². The summed E-state index contributed by atoms with van der Waals surface area (Å²) < 4.78 is 42.4. The molecular weight excluding hydrogens is 656 g/mol. The van der Waals surface area contributed by atoms with Crippen LogP contribution < -0.4 is 10.6 Å². The summed E-state index contributed by atoms with van der Waals surface area (Å²) in [6, 6.07) is 11.9. The normalized spacial score (nSPS) is 16.7. The van der Waals surface area contributed by atoms with Gasteiger partial charge in [-0.25, -0.2) is 18.6 Å². The predicted octanol–water partition coefficient (Wildman–Crippen LogP) is 8.92. The van der Waals surface area contributed by atoms with Gasteiger partial charge >= 0.3 is 6.09 Å². The molecule has 3 heterocycles. The molecule has 2 bridgehead atoms. The Morgan fingerprint density at radius 1 is 1.15 bits per heavy atom. The van der Waals surface area contributed by atoms with E-state index in [4.69, 9.17) is 31.0 Å². The third kappa shape index (κ3) is 8.29. The zero-order chi connectivity index (χ0) is 34.6. The van der Waals surface area contributed by atoms with Crippen LogP contribution in [0.3, 0.4) is 0 Å². The molecule has 2 atom stereocenters. The molecule has 2 aromatic carbocycles. The highest BCUT2D eigenvalue weighted by Crippen LogP contribution is 2.37. The largest absolute Gasteiger partial charge is 0.453 e. The molecule has 0 saturated heterocycles. The van der Waals surface area contributed by atoms with E-state index < -0.39 is 25.8 Å². The van der Waals surface area contributed by atoms with E-state index in [1.165, 1.54) is 19.4 Å². The summed E-state index contributed by atoms with van der Waals surface area (Å²) >= 11 is 5.96. The third-order valence-electron chi connectivity index (χ3n) is 8.38. The van der Waals surface area contributed by atoms with Gasteiger partial charge in [-0.05, 0) is 55.3 Å². The number of pyridine rings is 1. The molecule has 0 saturated carbocycles. The van der Waals surface area contributed by atoms with Gasteiger partial charge in [0.25, 0.3) is 0 Å². The summed E-state index contributed by atoms with van der Waals surface area (Å²) in [5.74, 6) is -1.66. The Morgan fingerprint density at radius 3 is 2.65 bits per heavy atom. The highest BCUT2D eigenvalue weighted by molar-refractivity contribution is 6.76. The van der Waals surface area contributed by atoms with Crippen molar-refractivity contribution < 1.29 is 27.8 Å². The van der Waals surface area contributed by atoms with E-state index in [1.807, 2.05) is 17.7 Å². The highest BCUT2D eigenvalue weighted by Gasteiger charge is 2.27. The molecule has 48 heavy (non-hydrogen) atoms. The van der Waals surface area contributed by atoms with E-state index in [9.17, 15) is 18.4 Å².